The maximum atomic E-state index is 7.38. The highest BCUT2D eigenvalue weighted by molar-refractivity contribution is 6.34. The van der Waals surface area contributed by atoms with Gasteiger partial charge >= 0.3 is 0 Å². The number of nitrogen functional groups attached to an aromatic ring is 1. The molecule has 0 aromatic heterocycles. The lowest BCUT2D eigenvalue weighted by atomic mass is 10.1. The van der Waals surface area contributed by atoms with E-state index in [1.165, 1.54) is 0 Å². The maximum absolute atomic E-state index is 7.38. The van der Waals surface area contributed by atoms with Crippen molar-refractivity contribution in [2.24, 2.45) is 5.73 Å². The third kappa shape index (κ3) is 3.06. The second-order valence-electron chi connectivity index (χ2n) is 4.12. The number of benzene rings is 2. The third-order valence-electron chi connectivity index (χ3n) is 2.81. The predicted octanol–water partition coefficient (Wildman–Crippen LogP) is 3.98. The summed E-state index contributed by atoms with van der Waals surface area (Å²) in [5.74, 6) is 1.40. The topological polar surface area (TPSA) is 59.1 Å². The first-order chi connectivity index (χ1) is 9.11. The summed E-state index contributed by atoms with van der Waals surface area (Å²) in [7, 11) is 0. The van der Waals surface area contributed by atoms with Crippen molar-refractivity contribution in [2.75, 3.05) is 0 Å². The Morgan fingerprint density at radius 2 is 2.00 bits per heavy atom. The van der Waals surface area contributed by atoms with Crippen LogP contribution in [0.1, 0.15) is 18.1 Å². The first-order valence-corrected chi connectivity index (χ1v) is 6.39. The number of rotatable bonds is 4. The molecule has 2 aromatic carbocycles. The fourth-order valence-electron chi connectivity index (χ4n) is 1.80. The molecule has 0 aliphatic heterocycles. The summed E-state index contributed by atoms with van der Waals surface area (Å²) < 4.78 is 5.82. The molecule has 98 valence electrons. The Kier molecular flexibility index (Phi) is 4.07. The SMILES string of the molecule is CCc1ccccc1Oc1ccc(C(=N)N)c(Cl)c1. The average Bonchev–Trinajstić information content (AvgIpc) is 2.39. The van der Waals surface area contributed by atoms with Crippen molar-refractivity contribution in [3.8, 4) is 11.5 Å². The van der Waals surface area contributed by atoms with Gasteiger partial charge in [-0.3, -0.25) is 5.41 Å². The van der Waals surface area contributed by atoms with Crippen LogP contribution in [0, 0.1) is 5.41 Å². The Labute approximate surface area is 117 Å². The largest absolute Gasteiger partial charge is 0.457 e. The fraction of sp³-hybridized carbons (Fsp3) is 0.133. The summed E-state index contributed by atoms with van der Waals surface area (Å²) in [6, 6.07) is 13.0. The zero-order chi connectivity index (χ0) is 13.8. The van der Waals surface area contributed by atoms with Gasteiger partial charge in [-0.1, -0.05) is 36.7 Å². The monoisotopic (exact) mass is 274 g/mol. The van der Waals surface area contributed by atoms with Crippen molar-refractivity contribution >= 4 is 17.4 Å². The summed E-state index contributed by atoms with van der Waals surface area (Å²) in [5, 5.41) is 7.80. The van der Waals surface area contributed by atoms with Gasteiger partial charge in [0.05, 0.1) is 5.02 Å². The highest BCUT2D eigenvalue weighted by Crippen LogP contribution is 2.29. The summed E-state index contributed by atoms with van der Waals surface area (Å²) in [6.07, 6.45) is 0.898. The van der Waals surface area contributed by atoms with E-state index in [9.17, 15) is 0 Å². The molecule has 19 heavy (non-hydrogen) atoms. The van der Waals surface area contributed by atoms with Gasteiger partial charge in [-0.2, -0.15) is 0 Å². The van der Waals surface area contributed by atoms with Crippen molar-refractivity contribution < 1.29 is 4.74 Å². The van der Waals surface area contributed by atoms with Crippen molar-refractivity contribution in [2.45, 2.75) is 13.3 Å². The fourth-order valence-corrected chi connectivity index (χ4v) is 2.07. The van der Waals surface area contributed by atoms with E-state index in [2.05, 4.69) is 6.92 Å². The molecule has 0 radical (unpaired) electrons. The van der Waals surface area contributed by atoms with Crippen molar-refractivity contribution in [1.29, 1.82) is 5.41 Å². The molecule has 0 unspecified atom stereocenters. The Morgan fingerprint density at radius 1 is 1.26 bits per heavy atom. The number of ether oxygens (including phenoxy) is 1. The maximum Gasteiger partial charge on any atom is 0.130 e. The average molecular weight is 275 g/mol. The molecule has 0 saturated heterocycles. The number of aryl methyl sites for hydroxylation is 1. The van der Waals surface area contributed by atoms with Crippen LogP contribution in [0.15, 0.2) is 42.5 Å². The van der Waals surface area contributed by atoms with Crippen LogP contribution in [0.25, 0.3) is 0 Å². The van der Waals surface area contributed by atoms with Gasteiger partial charge in [-0.15, -0.1) is 0 Å². The van der Waals surface area contributed by atoms with E-state index in [-0.39, 0.29) is 5.84 Å². The molecule has 0 bridgehead atoms. The Hall–Kier alpha value is -2.00. The second-order valence-corrected chi connectivity index (χ2v) is 4.53. The Morgan fingerprint density at radius 3 is 2.63 bits per heavy atom. The number of nitrogens with one attached hydrogen (secondary N) is 1. The molecule has 2 rings (SSSR count). The van der Waals surface area contributed by atoms with Crippen LogP contribution in [-0.4, -0.2) is 5.84 Å². The Bertz CT molecular complexity index is 611. The molecule has 3 N–H and O–H groups in total. The molecule has 0 spiro atoms. The molecule has 0 aliphatic rings. The highest BCUT2D eigenvalue weighted by Gasteiger charge is 2.07. The lowest BCUT2D eigenvalue weighted by Gasteiger charge is -2.11. The van der Waals surface area contributed by atoms with Crippen LogP contribution in [0.2, 0.25) is 5.02 Å². The first-order valence-electron chi connectivity index (χ1n) is 6.01. The smallest absolute Gasteiger partial charge is 0.130 e. The second kappa shape index (κ2) is 5.76. The Balaban J connectivity index is 2.29. The van der Waals surface area contributed by atoms with Crippen LogP contribution >= 0.6 is 11.6 Å². The molecular formula is C15H15ClN2O. The standard InChI is InChI=1S/C15H15ClN2O/c1-2-10-5-3-4-6-14(10)19-11-7-8-12(15(17)18)13(16)9-11/h3-9H,2H2,1H3,(H3,17,18). The van der Waals surface area contributed by atoms with E-state index in [0.717, 1.165) is 17.7 Å². The number of hydrogen-bond donors (Lipinski definition) is 2. The molecule has 2 aromatic rings. The zero-order valence-corrected chi connectivity index (χ0v) is 11.4. The van der Waals surface area contributed by atoms with Crippen LogP contribution < -0.4 is 10.5 Å². The van der Waals surface area contributed by atoms with E-state index < -0.39 is 0 Å². The van der Waals surface area contributed by atoms with E-state index in [0.29, 0.717) is 16.3 Å². The molecule has 0 fully saturated rings. The molecule has 3 nitrogen and oxygen atoms in total. The third-order valence-corrected chi connectivity index (χ3v) is 3.12. The molecule has 0 atom stereocenters. The van der Waals surface area contributed by atoms with Gasteiger partial charge in [0.1, 0.15) is 17.3 Å². The molecule has 4 heteroatoms. The zero-order valence-electron chi connectivity index (χ0n) is 10.6. The number of halogens is 1. The lowest BCUT2D eigenvalue weighted by molar-refractivity contribution is 0.477. The minimum atomic E-state index is -0.0505. The van der Waals surface area contributed by atoms with Crippen molar-refractivity contribution in [3.05, 3.63) is 58.6 Å². The van der Waals surface area contributed by atoms with Crippen LogP contribution in [-0.2, 0) is 6.42 Å². The minimum absolute atomic E-state index is 0.0505. The summed E-state index contributed by atoms with van der Waals surface area (Å²) in [5.41, 5.74) is 7.07. The first kappa shape index (κ1) is 13.4. The number of hydrogen-bond acceptors (Lipinski definition) is 2. The molecule has 0 amide bonds. The number of nitrogens with two attached hydrogens (primary N) is 1. The van der Waals surface area contributed by atoms with Gasteiger partial charge in [0.15, 0.2) is 0 Å². The normalized spacial score (nSPS) is 10.2. The van der Waals surface area contributed by atoms with Gasteiger partial charge in [-0.25, -0.2) is 0 Å². The molecule has 0 aliphatic carbocycles. The molecular weight excluding hydrogens is 260 g/mol. The highest BCUT2D eigenvalue weighted by atomic mass is 35.5. The number of para-hydroxylation sites is 1. The minimum Gasteiger partial charge on any atom is -0.457 e. The van der Waals surface area contributed by atoms with E-state index in [1.807, 2.05) is 24.3 Å². The van der Waals surface area contributed by atoms with Gasteiger partial charge in [0.2, 0.25) is 0 Å². The van der Waals surface area contributed by atoms with Gasteiger partial charge in [-0.05, 0) is 30.2 Å². The van der Waals surface area contributed by atoms with E-state index in [1.54, 1.807) is 18.2 Å². The quantitative estimate of drug-likeness (QED) is 0.654. The van der Waals surface area contributed by atoms with Crippen molar-refractivity contribution in [3.63, 3.8) is 0 Å². The van der Waals surface area contributed by atoms with Crippen LogP contribution in [0.4, 0.5) is 0 Å². The number of amidine groups is 1. The van der Waals surface area contributed by atoms with Gasteiger partial charge in [0.25, 0.3) is 0 Å². The van der Waals surface area contributed by atoms with E-state index >= 15 is 0 Å². The van der Waals surface area contributed by atoms with Gasteiger partial charge in [0, 0.05) is 11.6 Å². The van der Waals surface area contributed by atoms with Gasteiger partial charge < -0.3 is 10.5 Å². The molecule has 0 saturated carbocycles. The lowest BCUT2D eigenvalue weighted by Crippen LogP contribution is -2.11. The van der Waals surface area contributed by atoms with Crippen molar-refractivity contribution in [1.82, 2.24) is 0 Å². The summed E-state index contributed by atoms with van der Waals surface area (Å²) in [6.45, 7) is 2.08. The predicted molar refractivity (Wildman–Crippen MR) is 78.4 cm³/mol. The summed E-state index contributed by atoms with van der Waals surface area (Å²) in [4.78, 5) is 0. The summed E-state index contributed by atoms with van der Waals surface area (Å²) >= 11 is 6.06. The molecule has 0 heterocycles. The van der Waals surface area contributed by atoms with Crippen LogP contribution in [0.3, 0.4) is 0 Å². The van der Waals surface area contributed by atoms with Crippen LogP contribution in [0.5, 0.6) is 11.5 Å². The van der Waals surface area contributed by atoms with E-state index in [4.69, 9.17) is 27.5 Å².